The van der Waals surface area contributed by atoms with Gasteiger partial charge in [-0.25, -0.2) is 9.97 Å². The third kappa shape index (κ3) is 2.34. The average molecular weight is 256 g/mol. The maximum absolute atomic E-state index is 10.4. The molecule has 8 heteroatoms. The average Bonchev–Trinajstić information content (AvgIpc) is 2.83. The molecule has 0 amide bonds. The van der Waals surface area contributed by atoms with Crippen molar-refractivity contribution in [3.05, 3.63) is 32.4 Å². The van der Waals surface area contributed by atoms with E-state index in [1.54, 1.807) is 16.8 Å². The minimum Gasteiger partial charge on any atom is -0.356 e. The van der Waals surface area contributed by atoms with E-state index in [4.69, 9.17) is 0 Å². The first-order chi connectivity index (χ1) is 7.66. The van der Waals surface area contributed by atoms with Crippen molar-refractivity contribution in [3.8, 4) is 0 Å². The van der Waals surface area contributed by atoms with Crippen molar-refractivity contribution in [1.29, 1.82) is 0 Å². The van der Waals surface area contributed by atoms with E-state index in [2.05, 4.69) is 15.3 Å². The van der Waals surface area contributed by atoms with Crippen LogP contribution in [0.2, 0.25) is 0 Å². The summed E-state index contributed by atoms with van der Waals surface area (Å²) in [5, 5.41) is 14.1. The van der Waals surface area contributed by atoms with E-state index in [1.807, 2.05) is 6.92 Å². The molecule has 1 N–H and O–H groups in total. The first-order valence-corrected chi connectivity index (χ1v) is 6.09. The molecule has 0 aliphatic carbocycles. The zero-order valence-electron chi connectivity index (χ0n) is 8.34. The second kappa shape index (κ2) is 4.54. The molecule has 0 bridgehead atoms. The lowest BCUT2D eigenvalue weighted by Gasteiger charge is -1.99. The van der Waals surface area contributed by atoms with E-state index >= 15 is 0 Å². The first kappa shape index (κ1) is 11.0. The minimum atomic E-state index is -0.444. The number of nitro groups is 1. The predicted molar refractivity (Wildman–Crippen MR) is 62.9 cm³/mol. The predicted octanol–water partition coefficient (Wildman–Crippen LogP) is 2.43. The second-order valence-corrected chi connectivity index (χ2v) is 4.92. The summed E-state index contributed by atoms with van der Waals surface area (Å²) < 4.78 is 0. The summed E-state index contributed by atoms with van der Waals surface area (Å²) in [6, 6.07) is 0. The molecular formula is C8H8N4O2S2. The number of anilines is 1. The fourth-order valence-corrected chi connectivity index (χ4v) is 2.43. The van der Waals surface area contributed by atoms with Crippen LogP contribution in [0.5, 0.6) is 0 Å². The Hall–Kier alpha value is -1.54. The molecule has 0 aromatic carbocycles. The van der Waals surface area contributed by atoms with Gasteiger partial charge in [-0.1, -0.05) is 0 Å². The number of hydrogen-bond acceptors (Lipinski definition) is 7. The van der Waals surface area contributed by atoms with Crippen LogP contribution in [0.25, 0.3) is 0 Å². The van der Waals surface area contributed by atoms with Crippen molar-refractivity contribution in [1.82, 2.24) is 9.97 Å². The second-order valence-electron chi connectivity index (χ2n) is 2.98. The highest BCUT2D eigenvalue weighted by Gasteiger charge is 2.11. The summed E-state index contributed by atoms with van der Waals surface area (Å²) in [4.78, 5) is 19.1. The molecule has 0 spiro atoms. The van der Waals surface area contributed by atoms with Gasteiger partial charge in [-0.2, -0.15) is 0 Å². The normalized spacial score (nSPS) is 10.3. The van der Waals surface area contributed by atoms with E-state index in [0.717, 1.165) is 21.9 Å². The summed E-state index contributed by atoms with van der Waals surface area (Å²) in [5.41, 5.74) is 2.75. The Balaban J connectivity index is 2.00. The highest BCUT2D eigenvalue weighted by atomic mass is 32.1. The Morgan fingerprint density at radius 3 is 2.94 bits per heavy atom. The van der Waals surface area contributed by atoms with Gasteiger partial charge in [0, 0.05) is 4.88 Å². The van der Waals surface area contributed by atoms with Gasteiger partial charge in [0.2, 0.25) is 0 Å². The number of nitrogens with one attached hydrogen (secondary N) is 1. The van der Waals surface area contributed by atoms with Gasteiger partial charge < -0.3 is 5.32 Å². The number of aryl methyl sites for hydroxylation is 1. The van der Waals surface area contributed by atoms with Crippen molar-refractivity contribution in [2.45, 2.75) is 13.5 Å². The molecule has 84 valence electrons. The van der Waals surface area contributed by atoms with Crippen molar-refractivity contribution >= 4 is 32.8 Å². The number of hydrogen-bond donors (Lipinski definition) is 1. The molecule has 16 heavy (non-hydrogen) atoms. The Kier molecular flexibility index (Phi) is 3.11. The van der Waals surface area contributed by atoms with E-state index in [-0.39, 0.29) is 5.00 Å². The highest BCUT2D eigenvalue weighted by molar-refractivity contribution is 7.18. The smallest absolute Gasteiger partial charge is 0.345 e. The molecule has 2 aromatic rings. The summed E-state index contributed by atoms with van der Waals surface area (Å²) >= 11 is 2.58. The van der Waals surface area contributed by atoms with Crippen molar-refractivity contribution in [3.63, 3.8) is 0 Å². The zero-order chi connectivity index (χ0) is 11.5. The van der Waals surface area contributed by atoms with Crippen LogP contribution in [0.15, 0.2) is 11.7 Å². The maximum atomic E-state index is 10.4. The topological polar surface area (TPSA) is 81.0 Å². The molecule has 0 radical (unpaired) electrons. The SMILES string of the molecule is Cc1ncsc1CNc1ncc([N+](=O)[O-])s1. The molecule has 0 aliphatic heterocycles. The quantitative estimate of drug-likeness (QED) is 0.671. The van der Waals surface area contributed by atoms with Crippen molar-refractivity contribution < 1.29 is 4.92 Å². The lowest BCUT2D eigenvalue weighted by atomic mass is 10.4. The van der Waals surface area contributed by atoms with Gasteiger partial charge in [-0.3, -0.25) is 10.1 Å². The lowest BCUT2D eigenvalue weighted by molar-refractivity contribution is -0.380. The van der Waals surface area contributed by atoms with Gasteiger partial charge >= 0.3 is 5.00 Å². The zero-order valence-corrected chi connectivity index (χ0v) is 9.97. The fourth-order valence-electron chi connectivity index (χ4n) is 1.08. The Morgan fingerprint density at radius 1 is 1.56 bits per heavy atom. The molecule has 0 saturated heterocycles. The first-order valence-electron chi connectivity index (χ1n) is 4.40. The van der Waals surface area contributed by atoms with Gasteiger partial charge in [0.1, 0.15) is 6.20 Å². The summed E-state index contributed by atoms with van der Waals surface area (Å²) in [6.07, 6.45) is 1.26. The third-order valence-electron chi connectivity index (χ3n) is 1.92. The molecular weight excluding hydrogens is 248 g/mol. The van der Waals surface area contributed by atoms with Crippen LogP contribution in [0.1, 0.15) is 10.6 Å². The van der Waals surface area contributed by atoms with Crippen LogP contribution in [0, 0.1) is 17.0 Å². The molecule has 6 nitrogen and oxygen atoms in total. The largest absolute Gasteiger partial charge is 0.356 e. The van der Waals surface area contributed by atoms with Gasteiger partial charge in [0.15, 0.2) is 5.13 Å². The fraction of sp³-hybridized carbons (Fsp3) is 0.250. The van der Waals surface area contributed by atoms with Gasteiger partial charge in [0.05, 0.1) is 22.7 Å². The van der Waals surface area contributed by atoms with Crippen molar-refractivity contribution in [2.24, 2.45) is 0 Å². The summed E-state index contributed by atoms with van der Waals surface area (Å²) in [5.74, 6) is 0. The standard InChI is InChI=1S/C8H8N4O2S2/c1-5-6(15-4-11-5)2-9-8-10-3-7(16-8)12(13)14/h3-4H,2H2,1H3,(H,9,10). The van der Waals surface area contributed by atoms with Gasteiger partial charge in [0.25, 0.3) is 0 Å². The van der Waals surface area contributed by atoms with Crippen LogP contribution in [-0.4, -0.2) is 14.9 Å². The number of aromatic nitrogens is 2. The molecule has 2 aromatic heterocycles. The maximum Gasteiger partial charge on any atom is 0.345 e. The Morgan fingerprint density at radius 2 is 2.38 bits per heavy atom. The molecule has 0 aliphatic rings. The lowest BCUT2D eigenvalue weighted by Crippen LogP contribution is -1.98. The Bertz CT molecular complexity index is 508. The monoisotopic (exact) mass is 256 g/mol. The van der Waals surface area contributed by atoms with Crippen LogP contribution in [-0.2, 0) is 6.54 Å². The minimum absolute atomic E-state index is 0.0449. The van der Waals surface area contributed by atoms with E-state index in [9.17, 15) is 10.1 Å². The van der Waals surface area contributed by atoms with E-state index < -0.39 is 4.92 Å². The third-order valence-corrected chi connectivity index (χ3v) is 3.76. The number of thiazole rings is 2. The van der Waals surface area contributed by atoms with E-state index in [1.165, 1.54) is 6.20 Å². The van der Waals surface area contributed by atoms with Gasteiger partial charge in [-0.05, 0) is 18.3 Å². The summed E-state index contributed by atoms with van der Waals surface area (Å²) in [7, 11) is 0. The molecule has 2 heterocycles. The molecule has 0 fully saturated rings. The van der Waals surface area contributed by atoms with Crippen LogP contribution >= 0.6 is 22.7 Å². The van der Waals surface area contributed by atoms with Crippen molar-refractivity contribution in [2.75, 3.05) is 5.32 Å². The van der Waals surface area contributed by atoms with Gasteiger partial charge in [-0.15, -0.1) is 11.3 Å². The van der Waals surface area contributed by atoms with Crippen LogP contribution in [0.3, 0.4) is 0 Å². The summed E-state index contributed by atoms with van der Waals surface area (Å²) in [6.45, 7) is 2.53. The van der Waals surface area contributed by atoms with E-state index in [0.29, 0.717) is 11.7 Å². The Labute approximate surface area is 99.1 Å². The number of rotatable bonds is 4. The van der Waals surface area contributed by atoms with Crippen LogP contribution in [0.4, 0.5) is 10.1 Å². The molecule has 0 saturated carbocycles. The highest BCUT2D eigenvalue weighted by Crippen LogP contribution is 2.25. The van der Waals surface area contributed by atoms with Crippen LogP contribution < -0.4 is 5.32 Å². The number of nitrogens with zero attached hydrogens (tertiary/aromatic N) is 3. The molecule has 2 rings (SSSR count). The molecule has 0 unspecified atom stereocenters. The molecule has 0 atom stereocenters.